The number of carbonyl (C=O) groups is 2. The maximum atomic E-state index is 13.8. The van der Waals surface area contributed by atoms with E-state index in [9.17, 15) is 18.0 Å². The highest BCUT2D eigenvalue weighted by Gasteiger charge is 2.33. The molecule has 0 radical (unpaired) electrons. The lowest BCUT2D eigenvalue weighted by Gasteiger charge is -2.39. The van der Waals surface area contributed by atoms with Crippen LogP contribution in [0.15, 0.2) is 54.6 Å². The summed E-state index contributed by atoms with van der Waals surface area (Å²) >= 11 is 0. The van der Waals surface area contributed by atoms with Gasteiger partial charge in [0.1, 0.15) is 0 Å². The van der Waals surface area contributed by atoms with E-state index in [-0.39, 0.29) is 30.3 Å². The van der Waals surface area contributed by atoms with Gasteiger partial charge in [-0.05, 0) is 61.8 Å². The number of carbonyl (C=O) groups excluding carboxylic acids is 2. The lowest BCUT2D eigenvalue weighted by Crippen LogP contribution is -2.52. The van der Waals surface area contributed by atoms with Gasteiger partial charge in [0.2, 0.25) is 15.9 Å². The van der Waals surface area contributed by atoms with Gasteiger partial charge in [-0.25, -0.2) is 13.2 Å². The van der Waals surface area contributed by atoms with Crippen LogP contribution in [0.1, 0.15) is 57.6 Å². The van der Waals surface area contributed by atoms with Crippen LogP contribution >= 0.6 is 0 Å². The molecule has 0 atom stereocenters. The van der Waals surface area contributed by atoms with Gasteiger partial charge in [-0.15, -0.1) is 0 Å². The molecule has 0 bridgehead atoms. The smallest absolute Gasteiger partial charge is 0.321 e. The summed E-state index contributed by atoms with van der Waals surface area (Å²) in [4.78, 5) is 30.3. The summed E-state index contributed by atoms with van der Waals surface area (Å²) in [5.41, 5.74) is 2.88. The van der Waals surface area contributed by atoms with Gasteiger partial charge in [-0.3, -0.25) is 4.79 Å². The maximum Gasteiger partial charge on any atom is 0.321 e. The number of hydrogen-bond donors (Lipinski definition) is 1. The second-order valence-corrected chi connectivity index (χ2v) is 12.9. The van der Waals surface area contributed by atoms with Crippen molar-refractivity contribution in [1.29, 1.82) is 0 Å². The number of piperidine rings is 1. The van der Waals surface area contributed by atoms with Crippen molar-refractivity contribution < 1.29 is 18.0 Å². The standard InChI is InChI=1S/C30H44N4O4S/c1-5-21-39(37,38)33(20-15-24(2)3)23-29(35)34(22-26-12-10-9-11-25(26)4)28-16-18-32(19-17-28)30(36)31-27-13-7-6-8-14-27/h6-14,24,28H,5,15-23H2,1-4H3,(H,31,36). The molecule has 8 nitrogen and oxygen atoms in total. The fraction of sp³-hybridized carbons (Fsp3) is 0.533. The molecule has 0 unspecified atom stereocenters. The Bertz CT molecular complexity index is 1180. The lowest BCUT2D eigenvalue weighted by atomic mass is 10.0. The summed E-state index contributed by atoms with van der Waals surface area (Å²) in [6.45, 7) is 9.60. The average molecular weight is 557 g/mol. The van der Waals surface area contributed by atoms with Crippen molar-refractivity contribution in [2.24, 2.45) is 5.92 Å². The Morgan fingerprint density at radius 3 is 2.28 bits per heavy atom. The van der Waals surface area contributed by atoms with Gasteiger partial charge in [0.05, 0.1) is 12.3 Å². The minimum atomic E-state index is -3.53. The molecule has 1 heterocycles. The van der Waals surface area contributed by atoms with Crippen molar-refractivity contribution in [2.45, 2.75) is 66.0 Å². The highest BCUT2D eigenvalue weighted by molar-refractivity contribution is 7.89. The van der Waals surface area contributed by atoms with E-state index >= 15 is 0 Å². The van der Waals surface area contributed by atoms with Crippen LogP contribution in [0.3, 0.4) is 0 Å². The second-order valence-electron chi connectivity index (χ2n) is 10.8. The highest BCUT2D eigenvalue weighted by Crippen LogP contribution is 2.22. The lowest BCUT2D eigenvalue weighted by molar-refractivity contribution is -0.135. The van der Waals surface area contributed by atoms with Gasteiger partial charge in [0.15, 0.2) is 0 Å². The minimum absolute atomic E-state index is 0.0328. The number of benzene rings is 2. The van der Waals surface area contributed by atoms with Crippen molar-refractivity contribution >= 4 is 27.6 Å². The topological polar surface area (TPSA) is 90.0 Å². The first-order valence-corrected chi connectivity index (χ1v) is 15.6. The normalized spacial score (nSPS) is 14.6. The molecular formula is C30H44N4O4S. The molecule has 1 aliphatic heterocycles. The number of aryl methyl sites for hydroxylation is 1. The van der Waals surface area contributed by atoms with Crippen LogP contribution in [-0.4, -0.2) is 72.4 Å². The summed E-state index contributed by atoms with van der Waals surface area (Å²) in [7, 11) is -3.53. The predicted molar refractivity (Wildman–Crippen MR) is 157 cm³/mol. The van der Waals surface area contributed by atoms with Crippen LogP contribution in [0.25, 0.3) is 0 Å². The quantitative estimate of drug-likeness (QED) is 0.394. The average Bonchev–Trinajstić information content (AvgIpc) is 2.91. The van der Waals surface area contributed by atoms with Crippen LogP contribution in [0.4, 0.5) is 10.5 Å². The third-order valence-corrected chi connectivity index (χ3v) is 9.29. The Morgan fingerprint density at radius 1 is 1.03 bits per heavy atom. The third-order valence-electron chi connectivity index (χ3n) is 7.26. The van der Waals surface area contributed by atoms with Gasteiger partial charge in [0.25, 0.3) is 0 Å². The highest BCUT2D eigenvalue weighted by atomic mass is 32.2. The van der Waals surface area contributed by atoms with E-state index in [1.807, 2.05) is 73.3 Å². The molecule has 3 amide bonds. The molecule has 3 rings (SSSR count). The monoisotopic (exact) mass is 556 g/mol. The maximum absolute atomic E-state index is 13.8. The number of para-hydroxylation sites is 1. The second kappa shape index (κ2) is 14.5. The van der Waals surface area contributed by atoms with Crippen LogP contribution in [0.5, 0.6) is 0 Å². The van der Waals surface area contributed by atoms with E-state index < -0.39 is 10.0 Å². The number of sulfonamides is 1. The number of rotatable bonds is 12. The fourth-order valence-electron chi connectivity index (χ4n) is 4.84. The Hall–Kier alpha value is -2.91. The van der Waals surface area contributed by atoms with Crippen molar-refractivity contribution in [3.63, 3.8) is 0 Å². The van der Waals surface area contributed by atoms with Crippen LogP contribution in [0.2, 0.25) is 0 Å². The number of urea groups is 1. The number of amides is 3. The van der Waals surface area contributed by atoms with Crippen molar-refractivity contribution in [3.8, 4) is 0 Å². The summed E-state index contributed by atoms with van der Waals surface area (Å²) < 4.78 is 27.5. The molecule has 0 saturated carbocycles. The van der Waals surface area contributed by atoms with Crippen molar-refractivity contribution in [1.82, 2.24) is 14.1 Å². The van der Waals surface area contributed by atoms with Crippen LogP contribution < -0.4 is 5.32 Å². The molecule has 39 heavy (non-hydrogen) atoms. The molecule has 1 saturated heterocycles. The van der Waals surface area contributed by atoms with E-state index in [2.05, 4.69) is 19.2 Å². The van der Waals surface area contributed by atoms with Crippen molar-refractivity contribution in [3.05, 3.63) is 65.7 Å². The Kier molecular flexibility index (Phi) is 11.4. The SMILES string of the molecule is CCCS(=O)(=O)N(CCC(C)C)CC(=O)N(Cc1ccccc1C)C1CCN(C(=O)Nc2ccccc2)CC1. The first-order chi connectivity index (χ1) is 18.6. The van der Waals surface area contributed by atoms with Gasteiger partial charge < -0.3 is 15.1 Å². The van der Waals surface area contributed by atoms with E-state index in [0.717, 1.165) is 16.8 Å². The Labute approximate surface area is 234 Å². The molecule has 2 aromatic rings. The molecular weight excluding hydrogens is 512 g/mol. The summed E-state index contributed by atoms with van der Waals surface area (Å²) in [5, 5.41) is 2.94. The zero-order chi connectivity index (χ0) is 28.4. The number of nitrogens with one attached hydrogen (secondary N) is 1. The molecule has 9 heteroatoms. The number of likely N-dealkylation sites (tertiary alicyclic amines) is 1. The van der Waals surface area contributed by atoms with Gasteiger partial charge in [-0.1, -0.05) is 63.2 Å². The Balaban J connectivity index is 1.76. The summed E-state index contributed by atoms with van der Waals surface area (Å²) in [6, 6.07) is 17.1. The van der Waals surface area contributed by atoms with Gasteiger partial charge in [-0.2, -0.15) is 4.31 Å². The summed E-state index contributed by atoms with van der Waals surface area (Å²) in [6.07, 6.45) is 2.47. The molecule has 1 fully saturated rings. The fourth-order valence-corrected chi connectivity index (χ4v) is 6.31. The van der Waals surface area contributed by atoms with Crippen LogP contribution in [-0.2, 0) is 21.4 Å². The number of anilines is 1. The summed E-state index contributed by atoms with van der Waals surface area (Å²) in [5.74, 6) is 0.174. The molecule has 2 aromatic carbocycles. The minimum Gasteiger partial charge on any atom is -0.334 e. The van der Waals surface area contributed by atoms with Gasteiger partial charge in [0, 0.05) is 37.9 Å². The van der Waals surface area contributed by atoms with E-state index in [4.69, 9.17) is 0 Å². The van der Waals surface area contributed by atoms with Gasteiger partial charge >= 0.3 is 6.03 Å². The Morgan fingerprint density at radius 2 is 1.67 bits per heavy atom. The molecule has 214 valence electrons. The first-order valence-electron chi connectivity index (χ1n) is 14.0. The van der Waals surface area contributed by atoms with E-state index in [1.54, 1.807) is 4.90 Å². The predicted octanol–water partition coefficient (Wildman–Crippen LogP) is 5.11. The zero-order valence-electron chi connectivity index (χ0n) is 23.8. The molecule has 0 spiro atoms. The van der Waals surface area contributed by atoms with E-state index in [1.165, 1.54) is 4.31 Å². The zero-order valence-corrected chi connectivity index (χ0v) is 24.6. The molecule has 0 aliphatic carbocycles. The van der Waals surface area contributed by atoms with E-state index in [0.29, 0.717) is 57.8 Å². The number of nitrogens with zero attached hydrogens (tertiary/aromatic N) is 3. The third kappa shape index (κ3) is 9.07. The first kappa shape index (κ1) is 30.6. The molecule has 1 aliphatic rings. The van der Waals surface area contributed by atoms with Crippen molar-refractivity contribution in [2.75, 3.05) is 37.2 Å². The van der Waals surface area contributed by atoms with Crippen LogP contribution in [0, 0.1) is 12.8 Å². The number of hydrogen-bond acceptors (Lipinski definition) is 4. The molecule has 0 aromatic heterocycles. The largest absolute Gasteiger partial charge is 0.334 e. The molecule has 1 N–H and O–H groups in total.